The van der Waals surface area contributed by atoms with Gasteiger partial charge in [0.1, 0.15) is 11.8 Å². The molecule has 0 saturated carbocycles. The van der Waals surface area contributed by atoms with E-state index in [2.05, 4.69) is 20.6 Å². The Hall–Kier alpha value is -3.75. The molecule has 1 heterocycles. The molecule has 0 radical (unpaired) electrons. The maximum atomic E-state index is 14.1. The van der Waals surface area contributed by atoms with Gasteiger partial charge in [-0.15, -0.1) is 0 Å². The fourth-order valence-corrected chi connectivity index (χ4v) is 2.87. The van der Waals surface area contributed by atoms with Gasteiger partial charge in [-0.2, -0.15) is 10.2 Å². The Morgan fingerprint density at radius 1 is 1.14 bits per heavy atom. The van der Waals surface area contributed by atoms with Crippen LogP contribution in [0, 0.1) is 17.1 Å². The van der Waals surface area contributed by atoms with Gasteiger partial charge < -0.3 is 15.4 Å². The Bertz CT molecular complexity index is 1180. The van der Waals surface area contributed by atoms with Crippen molar-refractivity contribution in [1.82, 2.24) is 9.97 Å². The van der Waals surface area contributed by atoms with Crippen molar-refractivity contribution in [2.24, 2.45) is 5.14 Å². The van der Waals surface area contributed by atoms with Crippen molar-refractivity contribution in [2.45, 2.75) is 4.90 Å². The molecule has 4 N–H and O–H groups in total. The topological polar surface area (TPSA) is 143 Å². The van der Waals surface area contributed by atoms with Gasteiger partial charge in [0.15, 0.2) is 18.2 Å². The summed E-state index contributed by atoms with van der Waals surface area (Å²) in [6.45, 7) is -0.114. The summed E-state index contributed by atoms with van der Waals surface area (Å²) in [6.07, 6.45) is 0.969. The fraction of sp³-hybridized carbons (Fsp3) is 0.0556. The third-order valence-electron chi connectivity index (χ3n) is 3.56. The van der Waals surface area contributed by atoms with Gasteiger partial charge in [-0.3, -0.25) is 0 Å². The molecule has 11 heteroatoms. The zero-order chi connectivity index (χ0) is 20.9. The van der Waals surface area contributed by atoms with Gasteiger partial charge in [0.2, 0.25) is 16.0 Å². The summed E-state index contributed by atoms with van der Waals surface area (Å²) in [4.78, 5) is 7.83. The number of hydrogen-bond donors (Lipinski definition) is 3. The first-order valence-electron chi connectivity index (χ1n) is 8.14. The van der Waals surface area contributed by atoms with Gasteiger partial charge in [-0.05, 0) is 30.3 Å². The maximum Gasteiger partial charge on any atom is 0.238 e. The van der Waals surface area contributed by atoms with E-state index in [4.69, 9.17) is 15.1 Å². The highest BCUT2D eigenvalue weighted by molar-refractivity contribution is 7.89. The van der Waals surface area contributed by atoms with Gasteiger partial charge in [0, 0.05) is 17.4 Å². The third kappa shape index (κ3) is 5.38. The molecule has 1 aromatic heterocycles. The van der Waals surface area contributed by atoms with Gasteiger partial charge in [0.25, 0.3) is 0 Å². The molecule has 0 bridgehead atoms. The van der Waals surface area contributed by atoms with E-state index in [0.29, 0.717) is 17.1 Å². The lowest BCUT2D eigenvalue weighted by molar-refractivity contribution is 0.368. The average Bonchev–Trinajstić information content (AvgIpc) is 2.69. The summed E-state index contributed by atoms with van der Waals surface area (Å²) in [7, 11) is -3.87. The SMILES string of the molecule is N#CCOc1cccc(Nc2nc(Nc3cccc(S(N)(=O)=O)c3)ncc2F)c1. The van der Waals surface area contributed by atoms with Crippen molar-refractivity contribution >= 4 is 33.2 Å². The maximum absolute atomic E-state index is 14.1. The second kappa shape index (κ2) is 8.51. The second-order valence-electron chi connectivity index (χ2n) is 5.69. The highest BCUT2D eigenvalue weighted by Crippen LogP contribution is 2.24. The Labute approximate surface area is 166 Å². The van der Waals surface area contributed by atoms with Crippen LogP contribution in [0.1, 0.15) is 0 Å². The molecule has 2 aromatic carbocycles. The van der Waals surface area contributed by atoms with Crippen molar-refractivity contribution in [2.75, 3.05) is 17.2 Å². The minimum atomic E-state index is -3.87. The van der Waals surface area contributed by atoms with Gasteiger partial charge in [-0.25, -0.2) is 22.9 Å². The van der Waals surface area contributed by atoms with Gasteiger partial charge in [-0.1, -0.05) is 12.1 Å². The summed E-state index contributed by atoms with van der Waals surface area (Å²) in [6, 6.07) is 14.2. The number of benzene rings is 2. The number of halogens is 1. The number of sulfonamides is 1. The van der Waals surface area contributed by atoms with Crippen molar-refractivity contribution in [3.05, 3.63) is 60.5 Å². The average molecular weight is 414 g/mol. The number of primary sulfonamides is 1. The zero-order valence-electron chi connectivity index (χ0n) is 14.8. The molecule has 29 heavy (non-hydrogen) atoms. The predicted octanol–water partition coefficient (Wildman–Crippen LogP) is 2.65. The van der Waals surface area contributed by atoms with E-state index in [1.807, 2.05) is 6.07 Å². The number of ether oxygens (including phenoxy) is 1. The molecule has 9 nitrogen and oxygen atoms in total. The minimum absolute atomic E-state index is 0.0392. The van der Waals surface area contributed by atoms with E-state index in [9.17, 15) is 12.8 Å². The van der Waals surface area contributed by atoms with E-state index in [-0.39, 0.29) is 23.3 Å². The second-order valence-corrected chi connectivity index (χ2v) is 7.25. The smallest absolute Gasteiger partial charge is 0.238 e. The van der Waals surface area contributed by atoms with Crippen LogP contribution in [0.4, 0.5) is 27.5 Å². The molecule has 148 valence electrons. The minimum Gasteiger partial charge on any atom is -0.479 e. The third-order valence-corrected chi connectivity index (χ3v) is 4.47. The van der Waals surface area contributed by atoms with E-state index in [1.54, 1.807) is 30.3 Å². The first-order valence-corrected chi connectivity index (χ1v) is 9.69. The summed E-state index contributed by atoms with van der Waals surface area (Å²) in [5.74, 6) is -0.332. The van der Waals surface area contributed by atoms with Crippen molar-refractivity contribution in [3.8, 4) is 11.8 Å². The largest absolute Gasteiger partial charge is 0.479 e. The normalized spacial score (nSPS) is 10.8. The Kier molecular flexibility index (Phi) is 5.87. The van der Waals surface area contributed by atoms with E-state index >= 15 is 0 Å². The van der Waals surface area contributed by atoms with Crippen LogP contribution in [0.5, 0.6) is 5.75 Å². The Morgan fingerprint density at radius 3 is 2.59 bits per heavy atom. The number of nitrogens with two attached hydrogens (primary N) is 1. The molecular weight excluding hydrogens is 399 g/mol. The molecule has 0 unspecified atom stereocenters. The lowest BCUT2D eigenvalue weighted by Gasteiger charge is -2.11. The van der Waals surface area contributed by atoms with Crippen LogP contribution < -0.4 is 20.5 Å². The Balaban J connectivity index is 1.81. The first kappa shape index (κ1) is 20.0. The number of rotatable bonds is 7. The highest BCUT2D eigenvalue weighted by atomic mass is 32.2. The molecule has 0 aliphatic rings. The highest BCUT2D eigenvalue weighted by Gasteiger charge is 2.11. The van der Waals surface area contributed by atoms with Crippen LogP contribution in [-0.4, -0.2) is 25.0 Å². The molecule has 0 saturated heterocycles. The van der Waals surface area contributed by atoms with E-state index < -0.39 is 15.8 Å². The monoisotopic (exact) mass is 414 g/mol. The summed E-state index contributed by atoms with van der Waals surface area (Å²) < 4.78 is 42.3. The Morgan fingerprint density at radius 2 is 1.86 bits per heavy atom. The van der Waals surface area contributed by atoms with Crippen LogP contribution >= 0.6 is 0 Å². The first-order chi connectivity index (χ1) is 13.8. The number of hydrogen-bond acceptors (Lipinski definition) is 8. The van der Waals surface area contributed by atoms with E-state index in [0.717, 1.165) is 6.20 Å². The summed E-state index contributed by atoms with van der Waals surface area (Å²) >= 11 is 0. The van der Waals surface area contributed by atoms with Crippen molar-refractivity contribution < 1.29 is 17.5 Å². The van der Waals surface area contributed by atoms with E-state index in [1.165, 1.54) is 18.2 Å². The number of aromatic nitrogens is 2. The molecule has 3 rings (SSSR count). The number of anilines is 4. The lowest BCUT2D eigenvalue weighted by atomic mass is 10.3. The molecule has 3 aromatic rings. The van der Waals surface area contributed by atoms with Crippen LogP contribution in [0.25, 0.3) is 0 Å². The number of nitrogens with zero attached hydrogens (tertiary/aromatic N) is 3. The predicted molar refractivity (Wildman–Crippen MR) is 104 cm³/mol. The quantitative estimate of drug-likeness (QED) is 0.535. The van der Waals surface area contributed by atoms with Crippen LogP contribution in [0.15, 0.2) is 59.6 Å². The molecule has 0 spiro atoms. The van der Waals surface area contributed by atoms with Crippen LogP contribution in [-0.2, 0) is 10.0 Å². The zero-order valence-corrected chi connectivity index (χ0v) is 15.6. The lowest BCUT2D eigenvalue weighted by Crippen LogP contribution is -2.12. The molecule has 0 aliphatic heterocycles. The van der Waals surface area contributed by atoms with Gasteiger partial charge in [0.05, 0.1) is 11.1 Å². The molecule has 0 amide bonds. The number of nitrogens with one attached hydrogen (secondary N) is 2. The molecule has 0 atom stereocenters. The van der Waals surface area contributed by atoms with Crippen molar-refractivity contribution in [3.63, 3.8) is 0 Å². The van der Waals surface area contributed by atoms with Gasteiger partial charge >= 0.3 is 0 Å². The standard InChI is InChI=1S/C18H15FN6O3S/c19-16-11-22-18(24-13-4-2-6-15(10-13)29(21,26)27)25-17(16)23-12-3-1-5-14(9-12)28-8-7-20/h1-6,9-11H,8H2,(H2,21,26,27)(H2,22,23,24,25). The molecule has 0 fully saturated rings. The summed E-state index contributed by atoms with van der Waals surface area (Å²) in [5, 5.41) is 19.3. The fourth-order valence-electron chi connectivity index (χ4n) is 2.31. The number of nitriles is 1. The molecule has 0 aliphatic carbocycles. The van der Waals surface area contributed by atoms with Crippen molar-refractivity contribution in [1.29, 1.82) is 5.26 Å². The van der Waals surface area contributed by atoms with Crippen LogP contribution in [0.2, 0.25) is 0 Å². The molecular formula is C18H15FN6O3S. The summed E-state index contributed by atoms with van der Waals surface area (Å²) in [5.41, 5.74) is 0.848. The van der Waals surface area contributed by atoms with Crippen LogP contribution in [0.3, 0.4) is 0 Å².